The van der Waals surface area contributed by atoms with Gasteiger partial charge in [-0.25, -0.2) is 4.79 Å². The summed E-state index contributed by atoms with van der Waals surface area (Å²) in [5.41, 5.74) is 17.7. The van der Waals surface area contributed by atoms with Crippen molar-refractivity contribution in [3.63, 3.8) is 0 Å². The molecule has 1 saturated heterocycles. The number of guanidine groups is 1. The number of benzene rings is 1. The summed E-state index contributed by atoms with van der Waals surface area (Å²) >= 11 is 0. The molecule has 39 heavy (non-hydrogen) atoms. The van der Waals surface area contributed by atoms with E-state index in [1.54, 1.807) is 0 Å². The molecule has 2 rings (SSSR count). The fraction of sp³-hybridized carbons (Fsp3) is 0.520. The van der Waals surface area contributed by atoms with Crippen LogP contribution in [0.3, 0.4) is 0 Å². The molecule has 0 radical (unpaired) electrons. The van der Waals surface area contributed by atoms with Crippen molar-refractivity contribution in [2.45, 2.75) is 69.1 Å². The van der Waals surface area contributed by atoms with E-state index in [0.717, 1.165) is 5.56 Å². The molecule has 1 aliphatic rings. The summed E-state index contributed by atoms with van der Waals surface area (Å²) in [5.74, 6) is -4.53. The monoisotopic (exact) mass is 547 g/mol. The highest BCUT2D eigenvalue weighted by Crippen LogP contribution is 2.20. The molecule has 1 fully saturated rings. The summed E-state index contributed by atoms with van der Waals surface area (Å²) in [6.07, 6.45) is 0.768. The SMILES string of the molecule is NC(N)=NCCCC(NC(=O)C1CCCN1C(=O)C(N)Cc1ccccc1)C(=O)NC(CCC(=O)O)C(=O)O. The lowest BCUT2D eigenvalue weighted by Gasteiger charge is -2.28. The van der Waals surface area contributed by atoms with Gasteiger partial charge in [-0.2, -0.15) is 0 Å². The molecule has 214 valence electrons. The maximum Gasteiger partial charge on any atom is 0.326 e. The highest BCUT2D eigenvalue weighted by molar-refractivity contribution is 5.94. The second-order valence-corrected chi connectivity index (χ2v) is 9.33. The Morgan fingerprint density at radius 2 is 1.72 bits per heavy atom. The average molecular weight is 548 g/mol. The van der Waals surface area contributed by atoms with Crippen molar-refractivity contribution in [2.75, 3.05) is 13.1 Å². The molecule has 0 aliphatic carbocycles. The minimum absolute atomic E-state index is 0.0633. The van der Waals surface area contributed by atoms with E-state index in [4.69, 9.17) is 22.3 Å². The largest absolute Gasteiger partial charge is 0.481 e. The maximum absolute atomic E-state index is 13.2. The Morgan fingerprint density at radius 3 is 2.33 bits per heavy atom. The van der Waals surface area contributed by atoms with Gasteiger partial charge in [0.2, 0.25) is 17.7 Å². The van der Waals surface area contributed by atoms with Gasteiger partial charge in [0.25, 0.3) is 0 Å². The number of carboxylic acid groups (broad SMARTS) is 2. The summed E-state index contributed by atoms with van der Waals surface area (Å²) in [6.45, 7) is 0.489. The zero-order chi connectivity index (χ0) is 28.9. The standard InChI is InChI=1S/C25H37N7O7/c26-16(14-15-6-2-1-3-7-15)23(37)32-13-5-9-19(32)22(36)30-17(8-4-12-29-25(27)28)21(35)31-18(24(38)39)10-11-20(33)34/h1-3,6-7,16-19H,4-5,8-14,26H2,(H,30,36)(H,31,35)(H,33,34)(H,38,39)(H4,27,28,29). The number of nitrogens with zero attached hydrogens (tertiary/aromatic N) is 2. The zero-order valence-corrected chi connectivity index (χ0v) is 21.6. The number of nitrogens with one attached hydrogen (secondary N) is 2. The van der Waals surface area contributed by atoms with Gasteiger partial charge in [-0.1, -0.05) is 30.3 Å². The molecule has 14 heteroatoms. The van der Waals surface area contributed by atoms with Crippen LogP contribution in [0.2, 0.25) is 0 Å². The lowest BCUT2D eigenvalue weighted by molar-refractivity contribution is -0.144. The number of nitrogens with two attached hydrogens (primary N) is 3. The number of likely N-dealkylation sites (tertiary alicyclic amines) is 1. The molecule has 10 N–H and O–H groups in total. The first-order valence-corrected chi connectivity index (χ1v) is 12.7. The summed E-state index contributed by atoms with van der Waals surface area (Å²) in [5, 5.41) is 23.2. The van der Waals surface area contributed by atoms with Crippen LogP contribution in [-0.4, -0.2) is 88.0 Å². The van der Waals surface area contributed by atoms with E-state index in [1.807, 2.05) is 30.3 Å². The molecule has 1 aliphatic heterocycles. The van der Waals surface area contributed by atoms with Crippen molar-refractivity contribution in [1.29, 1.82) is 0 Å². The van der Waals surface area contributed by atoms with Crippen molar-refractivity contribution >= 4 is 35.6 Å². The van der Waals surface area contributed by atoms with Crippen LogP contribution in [0.4, 0.5) is 0 Å². The second-order valence-electron chi connectivity index (χ2n) is 9.33. The predicted molar refractivity (Wildman–Crippen MR) is 141 cm³/mol. The zero-order valence-electron chi connectivity index (χ0n) is 21.6. The number of aliphatic carboxylic acids is 2. The van der Waals surface area contributed by atoms with Crippen molar-refractivity contribution in [2.24, 2.45) is 22.2 Å². The van der Waals surface area contributed by atoms with E-state index in [2.05, 4.69) is 15.6 Å². The molecule has 0 saturated carbocycles. The van der Waals surface area contributed by atoms with Gasteiger partial charge in [-0.15, -0.1) is 0 Å². The number of aliphatic imine (C=N–C) groups is 1. The minimum Gasteiger partial charge on any atom is -0.481 e. The van der Waals surface area contributed by atoms with Crippen molar-refractivity contribution in [3.8, 4) is 0 Å². The molecule has 1 aromatic carbocycles. The minimum atomic E-state index is -1.47. The van der Waals surface area contributed by atoms with Crippen LogP contribution in [0.15, 0.2) is 35.3 Å². The van der Waals surface area contributed by atoms with Gasteiger partial charge in [-0.05, 0) is 44.1 Å². The van der Waals surface area contributed by atoms with Gasteiger partial charge in [0.15, 0.2) is 5.96 Å². The molecule has 0 spiro atoms. The smallest absolute Gasteiger partial charge is 0.326 e. The highest BCUT2D eigenvalue weighted by atomic mass is 16.4. The number of hydrogen-bond acceptors (Lipinski definition) is 7. The Morgan fingerprint density at radius 1 is 1.03 bits per heavy atom. The molecule has 1 heterocycles. The van der Waals surface area contributed by atoms with Crippen molar-refractivity contribution in [3.05, 3.63) is 35.9 Å². The lowest BCUT2D eigenvalue weighted by Crippen LogP contribution is -2.56. The van der Waals surface area contributed by atoms with E-state index >= 15 is 0 Å². The first-order chi connectivity index (χ1) is 18.5. The molecule has 3 amide bonds. The second kappa shape index (κ2) is 15.3. The topological polar surface area (TPSA) is 244 Å². The maximum atomic E-state index is 13.2. The number of carbonyl (C=O) groups is 5. The van der Waals surface area contributed by atoms with Gasteiger partial charge in [0, 0.05) is 19.5 Å². The predicted octanol–water partition coefficient (Wildman–Crippen LogP) is -1.48. The Bertz CT molecular complexity index is 1050. The van der Waals surface area contributed by atoms with Crippen molar-refractivity contribution in [1.82, 2.24) is 15.5 Å². The lowest BCUT2D eigenvalue weighted by atomic mass is 10.0. The van der Waals surface area contributed by atoms with E-state index in [1.165, 1.54) is 4.90 Å². The molecule has 1 aromatic rings. The number of carboxylic acids is 2. The van der Waals surface area contributed by atoms with Gasteiger partial charge >= 0.3 is 11.9 Å². The first-order valence-electron chi connectivity index (χ1n) is 12.7. The molecular weight excluding hydrogens is 510 g/mol. The summed E-state index contributed by atoms with van der Waals surface area (Å²) in [4.78, 5) is 67.0. The molecule has 4 atom stereocenters. The summed E-state index contributed by atoms with van der Waals surface area (Å²) < 4.78 is 0. The van der Waals surface area contributed by atoms with E-state index in [-0.39, 0.29) is 37.7 Å². The van der Waals surface area contributed by atoms with Crippen LogP contribution in [0.25, 0.3) is 0 Å². The summed E-state index contributed by atoms with van der Waals surface area (Å²) in [6, 6.07) is 4.90. The Labute approximate surface area is 226 Å². The number of amides is 3. The van der Waals surface area contributed by atoms with Crippen molar-refractivity contribution < 1.29 is 34.2 Å². The quantitative estimate of drug-likeness (QED) is 0.0762. The van der Waals surface area contributed by atoms with Crippen LogP contribution in [0, 0.1) is 0 Å². The number of carbonyl (C=O) groups excluding carboxylic acids is 3. The van der Waals surface area contributed by atoms with Crippen LogP contribution >= 0.6 is 0 Å². The van der Waals surface area contributed by atoms with Gasteiger partial charge in [0.05, 0.1) is 6.04 Å². The summed E-state index contributed by atoms with van der Waals surface area (Å²) in [7, 11) is 0. The molecule has 0 bridgehead atoms. The molecule has 4 unspecified atom stereocenters. The third kappa shape index (κ3) is 10.2. The van der Waals surface area contributed by atoms with Crippen LogP contribution in [-0.2, 0) is 30.4 Å². The third-order valence-corrected chi connectivity index (χ3v) is 6.29. The Balaban J connectivity index is 2.11. The van der Waals surface area contributed by atoms with Gasteiger partial charge < -0.3 is 42.9 Å². The van der Waals surface area contributed by atoms with Crippen LogP contribution in [0.5, 0.6) is 0 Å². The normalized spacial score (nSPS) is 16.9. The van der Waals surface area contributed by atoms with Crippen LogP contribution < -0.4 is 27.8 Å². The Hall–Kier alpha value is -4.20. The van der Waals surface area contributed by atoms with Gasteiger partial charge in [0.1, 0.15) is 18.1 Å². The Kier molecular flexibility index (Phi) is 12.1. The third-order valence-electron chi connectivity index (χ3n) is 6.29. The van der Waals surface area contributed by atoms with Gasteiger partial charge in [-0.3, -0.25) is 24.2 Å². The van der Waals surface area contributed by atoms with E-state index in [0.29, 0.717) is 25.8 Å². The molecule has 14 nitrogen and oxygen atoms in total. The fourth-order valence-corrected chi connectivity index (χ4v) is 4.31. The van der Waals surface area contributed by atoms with Crippen LogP contribution in [0.1, 0.15) is 44.1 Å². The number of hydrogen-bond donors (Lipinski definition) is 7. The highest BCUT2D eigenvalue weighted by Gasteiger charge is 2.38. The molecular formula is C25H37N7O7. The first kappa shape index (κ1) is 31.0. The fourth-order valence-electron chi connectivity index (χ4n) is 4.31. The molecule has 0 aromatic heterocycles. The van der Waals surface area contributed by atoms with E-state index < -0.39 is 54.3 Å². The number of rotatable bonds is 15. The average Bonchev–Trinajstić information content (AvgIpc) is 3.38. The van der Waals surface area contributed by atoms with E-state index in [9.17, 15) is 29.1 Å².